The fourth-order valence-electron chi connectivity index (χ4n) is 1.50. The van der Waals surface area contributed by atoms with E-state index in [2.05, 4.69) is 15.3 Å². The lowest BCUT2D eigenvalue weighted by atomic mass is 10.2. The molecule has 18 heavy (non-hydrogen) atoms. The van der Waals surface area contributed by atoms with Crippen LogP contribution in [0.3, 0.4) is 0 Å². The summed E-state index contributed by atoms with van der Waals surface area (Å²) in [6.45, 7) is 1.81. The second-order valence-corrected chi connectivity index (χ2v) is 3.86. The number of aromatic nitrogens is 2. The number of pyridine rings is 1. The molecule has 0 radical (unpaired) electrons. The number of Topliss-reactive ketones (excluding diaryl/α,β-unsaturated/α-hetero) is 1. The molecule has 2 rings (SSSR count). The molecule has 5 nitrogen and oxygen atoms in total. The van der Waals surface area contributed by atoms with Crippen molar-refractivity contribution in [3.63, 3.8) is 0 Å². The van der Waals surface area contributed by atoms with Gasteiger partial charge in [-0.05, 0) is 25.1 Å². The van der Waals surface area contributed by atoms with E-state index in [1.165, 1.54) is 19.2 Å². The summed E-state index contributed by atoms with van der Waals surface area (Å²) in [6.07, 6.45) is 3.20. The van der Waals surface area contributed by atoms with Crippen molar-refractivity contribution in [2.24, 2.45) is 0 Å². The standard InChI is InChI=1S/C13H13N3O2/c1-9(17)10-6-12(15-7-10)13(18)16-8-11-4-2-3-5-14-11/h2-7,15H,8H2,1H3,(H,16,18). The molecule has 2 aromatic heterocycles. The van der Waals surface area contributed by atoms with Crippen LogP contribution in [0.25, 0.3) is 0 Å². The number of nitrogens with one attached hydrogen (secondary N) is 2. The molecule has 0 unspecified atom stereocenters. The third-order valence-corrected chi connectivity index (χ3v) is 2.49. The Morgan fingerprint density at radius 3 is 2.83 bits per heavy atom. The van der Waals surface area contributed by atoms with E-state index < -0.39 is 0 Å². The Hall–Kier alpha value is -2.43. The number of hydrogen-bond acceptors (Lipinski definition) is 3. The first-order chi connectivity index (χ1) is 8.66. The first kappa shape index (κ1) is 12.0. The first-order valence-corrected chi connectivity index (χ1v) is 5.54. The lowest BCUT2D eigenvalue weighted by molar-refractivity contribution is 0.0946. The van der Waals surface area contributed by atoms with Gasteiger partial charge in [0.25, 0.3) is 5.91 Å². The predicted molar refractivity (Wildman–Crippen MR) is 66.2 cm³/mol. The summed E-state index contributed by atoms with van der Waals surface area (Å²) in [7, 11) is 0. The van der Waals surface area contributed by atoms with E-state index in [0.29, 0.717) is 17.8 Å². The van der Waals surface area contributed by atoms with Crippen LogP contribution >= 0.6 is 0 Å². The fraction of sp³-hybridized carbons (Fsp3) is 0.154. The van der Waals surface area contributed by atoms with Crippen LogP contribution in [0.1, 0.15) is 33.5 Å². The maximum Gasteiger partial charge on any atom is 0.268 e. The summed E-state index contributed by atoms with van der Waals surface area (Å²) in [5.41, 5.74) is 1.65. The van der Waals surface area contributed by atoms with Crippen LogP contribution in [0.2, 0.25) is 0 Å². The zero-order valence-corrected chi connectivity index (χ0v) is 9.93. The van der Waals surface area contributed by atoms with Crippen LogP contribution in [0, 0.1) is 0 Å². The van der Waals surface area contributed by atoms with E-state index >= 15 is 0 Å². The number of aromatic amines is 1. The van der Waals surface area contributed by atoms with E-state index in [1.54, 1.807) is 6.20 Å². The summed E-state index contributed by atoms with van der Waals surface area (Å²) in [5, 5.41) is 2.72. The van der Waals surface area contributed by atoms with Crippen LogP contribution in [0.5, 0.6) is 0 Å². The SMILES string of the molecule is CC(=O)c1c[nH]c(C(=O)NCc2ccccn2)c1. The summed E-state index contributed by atoms with van der Waals surface area (Å²) in [5.74, 6) is -0.330. The molecular weight excluding hydrogens is 230 g/mol. The number of ketones is 1. The lowest BCUT2D eigenvalue weighted by Crippen LogP contribution is -2.23. The third kappa shape index (κ3) is 2.82. The Bertz CT molecular complexity index is 561. The highest BCUT2D eigenvalue weighted by Gasteiger charge is 2.10. The third-order valence-electron chi connectivity index (χ3n) is 2.49. The number of carbonyl (C=O) groups is 2. The predicted octanol–water partition coefficient (Wildman–Crippen LogP) is 1.54. The highest BCUT2D eigenvalue weighted by Crippen LogP contribution is 2.04. The van der Waals surface area contributed by atoms with Crippen molar-refractivity contribution in [1.29, 1.82) is 0 Å². The molecule has 0 atom stereocenters. The molecule has 2 aromatic rings. The topological polar surface area (TPSA) is 74.8 Å². The Morgan fingerprint density at radius 2 is 2.22 bits per heavy atom. The zero-order valence-electron chi connectivity index (χ0n) is 9.93. The maximum absolute atomic E-state index is 11.8. The molecule has 2 N–H and O–H groups in total. The zero-order chi connectivity index (χ0) is 13.0. The normalized spacial score (nSPS) is 10.1. The van der Waals surface area contributed by atoms with E-state index in [4.69, 9.17) is 0 Å². The van der Waals surface area contributed by atoms with Gasteiger partial charge in [0.05, 0.1) is 12.2 Å². The van der Waals surface area contributed by atoms with Gasteiger partial charge in [-0.25, -0.2) is 0 Å². The second-order valence-electron chi connectivity index (χ2n) is 3.86. The van der Waals surface area contributed by atoms with E-state index in [1.807, 2.05) is 18.2 Å². The largest absolute Gasteiger partial charge is 0.356 e. The number of amides is 1. The number of rotatable bonds is 4. The van der Waals surface area contributed by atoms with Crippen molar-refractivity contribution in [2.45, 2.75) is 13.5 Å². The maximum atomic E-state index is 11.8. The van der Waals surface area contributed by atoms with Gasteiger partial charge in [-0.15, -0.1) is 0 Å². The molecule has 0 spiro atoms. The van der Waals surface area contributed by atoms with Crippen molar-refractivity contribution in [3.05, 3.63) is 53.6 Å². The Balaban J connectivity index is 1.97. The number of nitrogens with zero attached hydrogens (tertiary/aromatic N) is 1. The smallest absolute Gasteiger partial charge is 0.268 e. The average molecular weight is 243 g/mol. The molecule has 0 aliphatic carbocycles. The highest BCUT2D eigenvalue weighted by molar-refractivity contribution is 5.98. The van der Waals surface area contributed by atoms with Crippen LogP contribution in [0.4, 0.5) is 0 Å². The van der Waals surface area contributed by atoms with Crippen molar-refractivity contribution >= 4 is 11.7 Å². The van der Waals surface area contributed by atoms with Crippen molar-refractivity contribution < 1.29 is 9.59 Å². The molecule has 0 saturated carbocycles. The average Bonchev–Trinajstić information content (AvgIpc) is 2.87. The van der Waals surface area contributed by atoms with Crippen LogP contribution in [0.15, 0.2) is 36.7 Å². The van der Waals surface area contributed by atoms with E-state index in [-0.39, 0.29) is 11.7 Å². The van der Waals surface area contributed by atoms with Crippen LogP contribution in [-0.2, 0) is 6.54 Å². The summed E-state index contributed by atoms with van der Waals surface area (Å²) < 4.78 is 0. The summed E-state index contributed by atoms with van der Waals surface area (Å²) in [4.78, 5) is 29.7. The number of hydrogen-bond donors (Lipinski definition) is 2. The molecule has 0 aliphatic heterocycles. The Kier molecular flexibility index (Phi) is 3.52. The Labute approximate surface area is 104 Å². The molecule has 0 fully saturated rings. The van der Waals surface area contributed by atoms with Crippen molar-refractivity contribution in [2.75, 3.05) is 0 Å². The minimum Gasteiger partial charge on any atom is -0.356 e. The van der Waals surface area contributed by atoms with Gasteiger partial charge in [-0.3, -0.25) is 14.6 Å². The minimum absolute atomic E-state index is 0.0740. The van der Waals surface area contributed by atoms with Gasteiger partial charge in [0.15, 0.2) is 5.78 Å². The summed E-state index contributed by atoms with van der Waals surface area (Å²) >= 11 is 0. The quantitative estimate of drug-likeness (QED) is 0.800. The monoisotopic (exact) mass is 243 g/mol. The second kappa shape index (κ2) is 5.27. The molecular formula is C13H13N3O2. The summed E-state index contributed by atoms with van der Waals surface area (Å²) in [6, 6.07) is 7.04. The lowest BCUT2D eigenvalue weighted by Gasteiger charge is -2.02. The van der Waals surface area contributed by atoms with Gasteiger partial charge >= 0.3 is 0 Å². The number of H-pyrrole nitrogens is 1. The molecule has 5 heteroatoms. The van der Waals surface area contributed by atoms with Gasteiger partial charge in [0, 0.05) is 18.0 Å². The van der Waals surface area contributed by atoms with Gasteiger partial charge in [0.1, 0.15) is 5.69 Å². The Morgan fingerprint density at radius 1 is 1.39 bits per heavy atom. The van der Waals surface area contributed by atoms with Gasteiger partial charge in [-0.1, -0.05) is 6.07 Å². The molecule has 0 aromatic carbocycles. The molecule has 0 aliphatic rings. The van der Waals surface area contributed by atoms with Gasteiger partial charge < -0.3 is 10.3 Å². The van der Waals surface area contributed by atoms with Gasteiger partial charge in [0.2, 0.25) is 0 Å². The highest BCUT2D eigenvalue weighted by atomic mass is 16.2. The van der Waals surface area contributed by atoms with E-state index in [0.717, 1.165) is 5.69 Å². The van der Waals surface area contributed by atoms with Gasteiger partial charge in [-0.2, -0.15) is 0 Å². The van der Waals surface area contributed by atoms with E-state index in [9.17, 15) is 9.59 Å². The molecule has 0 bridgehead atoms. The molecule has 92 valence electrons. The molecule has 2 heterocycles. The van der Waals surface area contributed by atoms with Crippen LogP contribution in [-0.4, -0.2) is 21.7 Å². The van der Waals surface area contributed by atoms with Crippen LogP contribution < -0.4 is 5.32 Å². The number of carbonyl (C=O) groups excluding carboxylic acids is 2. The minimum atomic E-state index is -0.256. The molecule has 0 saturated heterocycles. The fourth-order valence-corrected chi connectivity index (χ4v) is 1.50. The molecule has 1 amide bonds. The first-order valence-electron chi connectivity index (χ1n) is 5.54. The van der Waals surface area contributed by atoms with Crippen molar-refractivity contribution in [3.8, 4) is 0 Å². The van der Waals surface area contributed by atoms with Crippen molar-refractivity contribution in [1.82, 2.24) is 15.3 Å².